The van der Waals surface area contributed by atoms with Gasteiger partial charge in [0, 0.05) is 11.2 Å². The summed E-state index contributed by atoms with van der Waals surface area (Å²) in [5, 5.41) is 3.14. The molecule has 2 aromatic rings. The van der Waals surface area contributed by atoms with E-state index in [1.807, 2.05) is 6.07 Å². The van der Waals surface area contributed by atoms with Gasteiger partial charge in [0.2, 0.25) is 0 Å². The summed E-state index contributed by atoms with van der Waals surface area (Å²) < 4.78 is 38.5. The molecule has 0 radical (unpaired) electrons. The molecule has 4 nitrogen and oxygen atoms in total. The molecule has 1 aliphatic carbocycles. The number of hydrogen-bond acceptors (Lipinski definition) is 2. The Hall–Kier alpha value is -2.54. The number of hydrogen-bond donors (Lipinski definition) is 1. The Morgan fingerprint density at radius 3 is 2.07 bits per heavy atom. The van der Waals surface area contributed by atoms with Crippen LogP contribution in [-0.2, 0) is 11.7 Å². The fourth-order valence-electron chi connectivity index (χ4n) is 4.91. The Bertz CT molecular complexity index is 902. The van der Waals surface area contributed by atoms with Gasteiger partial charge in [-0.25, -0.2) is 4.79 Å². The number of anilines is 1. The monoisotopic (exact) mass is 417 g/mol. The molecule has 4 rings (SSSR count). The highest BCUT2D eigenvalue weighted by Gasteiger charge is 2.50. The van der Waals surface area contributed by atoms with Crippen LogP contribution in [0.2, 0.25) is 0 Å². The summed E-state index contributed by atoms with van der Waals surface area (Å²) in [6, 6.07) is 15.0. The van der Waals surface area contributed by atoms with Crippen molar-refractivity contribution in [1.29, 1.82) is 0 Å². The SMILES string of the molecule is CN(C)C1(c2ccccc2)CCC2(CC1)CN(c1ccc(C(F)(F)F)cc1)C(=O)N2. The average molecular weight is 417 g/mol. The standard InChI is InChI=1S/C23H26F3N3O/c1-28(2)22(17-6-4-3-5-7-17)14-12-21(13-15-22)16-29(20(30)27-21)19-10-8-18(9-11-19)23(24,25)26/h3-11H,12-16H2,1-2H3,(H,27,30). The van der Waals surface area contributed by atoms with E-state index < -0.39 is 11.7 Å². The van der Waals surface area contributed by atoms with Gasteiger partial charge in [-0.15, -0.1) is 0 Å². The molecule has 2 aromatic carbocycles. The van der Waals surface area contributed by atoms with Crippen LogP contribution < -0.4 is 10.2 Å². The first-order valence-corrected chi connectivity index (χ1v) is 10.2. The van der Waals surface area contributed by atoms with E-state index in [1.54, 1.807) is 4.90 Å². The molecule has 0 unspecified atom stereocenters. The summed E-state index contributed by atoms with van der Waals surface area (Å²) in [5.41, 5.74) is 0.614. The smallest absolute Gasteiger partial charge is 0.330 e. The normalized spacial score (nSPS) is 27.0. The van der Waals surface area contributed by atoms with Gasteiger partial charge >= 0.3 is 12.2 Å². The zero-order valence-electron chi connectivity index (χ0n) is 17.2. The summed E-state index contributed by atoms with van der Waals surface area (Å²) in [7, 11) is 4.18. The number of amides is 2. The number of urea groups is 1. The van der Waals surface area contributed by atoms with Gasteiger partial charge in [-0.1, -0.05) is 30.3 Å². The minimum atomic E-state index is -4.39. The van der Waals surface area contributed by atoms with E-state index in [2.05, 4.69) is 48.6 Å². The van der Waals surface area contributed by atoms with Crippen LogP contribution in [0.25, 0.3) is 0 Å². The van der Waals surface area contributed by atoms with E-state index in [0.29, 0.717) is 12.2 Å². The molecule has 1 saturated heterocycles. The molecule has 30 heavy (non-hydrogen) atoms. The van der Waals surface area contributed by atoms with E-state index in [-0.39, 0.29) is 17.1 Å². The molecule has 2 aliphatic rings. The predicted molar refractivity (Wildman–Crippen MR) is 110 cm³/mol. The van der Waals surface area contributed by atoms with Crippen molar-refractivity contribution in [3.05, 3.63) is 65.7 Å². The maximum Gasteiger partial charge on any atom is 0.416 e. The quantitative estimate of drug-likeness (QED) is 0.763. The van der Waals surface area contributed by atoms with Crippen LogP contribution in [0.3, 0.4) is 0 Å². The molecule has 2 amide bonds. The second-order valence-electron chi connectivity index (χ2n) is 8.63. The molecule has 1 heterocycles. The van der Waals surface area contributed by atoms with Crippen molar-refractivity contribution in [1.82, 2.24) is 10.2 Å². The number of nitrogens with zero attached hydrogens (tertiary/aromatic N) is 2. The van der Waals surface area contributed by atoms with Crippen LogP contribution in [0.1, 0.15) is 36.8 Å². The molecule has 0 bridgehead atoms. The average Bonchev–Trinajstić information content (AvgIpc) is 3.04. The van der Waals surface area contributed by atoms with Gasteiger partial charge in [0.15, 0.2) is 0 Å². The maximum atomic E-state index is 12.8. The van der Waals surface area contributed by atoms with Crippen molar-refractivity contribution in [3.8, 4) is 0 Å². The zero-order chi connectivity index (χ0) is 21.6. The first kappa shape index (κ1) is 20.7. The lowest BCUT2D eigenvalue weighted by Gasteiger charge is -2.48. The van der Waals surface area contributed by atoms with E-state index >= 15 is 0 Å². The molecule has 7 heteroatoms. The largest absolute Gasteiger partial charge is 0.416 e. The number of halogens is 3. The Kier molecular flexibility index (Phi) is 5.04. The fraction of sp³-hybridized carbons (Fsp3) is 0.435. The molecular weight excluding hydrogens is 391 g/mol. The minimum absolute atomic E-state index is 0.0843. The van der Waals surface area contributed by atoms with Crippen molar-refractivity contribution in [3.63, 3.8) is 0 Å². The highest BCUT2D eigenvalue weighted by atomic mass is 19.4. The van der Waals surface area contributed by atoms with Crippen LogP contribution in [-0.4, -0.2) is 37.1 Å². The topological polar surface area (TPSA) is 35.6 Å². The summed E-state index contributed by atoms with van der Waals surface area (Å²) in [6.45, 7) is 0.468. The highest BCUT2D eigenvalue weighted by Crippen LogP contribution is 2.46. The van der Waals surface area contributed by atoms with Crippen molar-refractivity contribution in [2.24, 2.45) is 0 Å². The number of benzene rings is 2. The van der Waals surface area contributed by atoms with Crippen LogP contribution in [0, 0.1) is 0 Å². The Balaban J connectivity index is 1.52. The Labute approximate surface area is 174 Å². The van der Waals surface area contributed by atoms with Crippen LogP contribution in [0.5, 0.6) is 0 Å². The highest BCUT2D eigenvalue weighted by molar-refractivity contribution is 5.95. The molecule has 0 atom stereocenters. The van der Waals surface area contributed by atoms with Gasteiger partial charge in [0.1, 0.15) is 0 Å². The molecule has 0 aromatic heterocycles. The second-order valence-corrected chi connectivity index (χ2v) is 8.63. The van der Waals surface area contributed by atoms with Gasteiger partial charge in [0.05, 0.1) is 17.6 Å². The van der Waals surface area contributed by atoms with Gasteiger partial charge < -0.3 is 5.32 Å². The number of carbonyl (C=O) groups excluding carboxylic acids is 1. The molecule has 1 saturated carbocycles. The molecular formula is C23H26F3N3O. The van der Waals surface area contributed by atoms with Gasteiger partial charge in [-0.3, -0.25) is 9.80 Å². The second kappa shape index (κ2) is 7.30. The minimum Gasteiger partial charge on any atom is -0.330 e. The third kappa shape index (κ3) is 3.55. The molecule has 160 valence electrons. The van der Waals surface area contributed by atoms with Crippen LogP contribution in [0.15, 0.2) is 54.6 Å². The number of carbonyl (C=O) groups is 1. The van der Waals surface area contributed by atoms with Gasteiger partial charge in [-0.05, 0) is 69.6 Å². The van der Waals surface area contributed by atoms with Gasteiger partial charge in [-0.2, -0.15) is 13.2 Å². The number of rotatable bonds is 3. The van der Waals surface area contributed by atoms with Crippen molar-refractivity contribution in [2.75, 3.05) is 25.5 Å². The Morgan fingerprint density at radius 1 is 0.933 bits per heavy atom. The summed E-state index contributed by atoms with van der Waals surface area (Å²) in [4.78, 5) is 16.5. The number of alkyl halides is 3. The molecule has 1 aliphatic heterocycles. The zero-order valence-corrected chi connectivity index (χ0v) is 17.2. The van der Waals surface area contributed by atoms with Gasteiger partial charge in [0.25, 0.3) is 0 Å². The third-order valence-corrected chi connectivity index (χ3v) is 6.79. The first-order valence-electron chi connectivity index (χ1n) is 10.2. The summed E-state index contributed by atoms with van der Waals surface area (Å²) in [6.07, 6.45) is -0.981. The summed E-state index contributed by atoms with van der Waals surface area (Å²) >= 11 is 0. The first-order chi connectivity index (χ1) is 14.2. The molecule has 1 N–H and O–H groups in total. The van der Waals surface area contributed by atoms with E-state index in [1.165, 1.54) is 17.7 Å². The number of nitrogens with one attached hydrogen (secondary N) is 1. The van der Waals surface area contributed by atoms with Crippen molar-refractivity contribution < 1.29 is 18.0 Å². The third-order valence-electron chi connectivity index (χ3n) is 6.79. The van der Waals surface area contributed by atoms with E-state index in [4.69, 9.17) is 0 Å². The molecule has 2 fully saturated rings. The van der Waals surface area contributed by atoms with Crippen molar-refractivity contribution >= 4 is 11.7 Å². The fourth-order valence-corrected chi connectivity index (χ4v) is 4.91. The molecule has 1 spiro atoms. The lowest BCUT2D eigenvalue weighted by molar-refractivity contribution is -0.137. The lowest BCUT2D eigenvalue weighted by Crippen LogP contribution is -2.54. The van der Waals surface area contributed by atoms with Crippen LogP contribution >= 0.6 is 0 Å². The summed E-state index contributed by atoms with van der Waals surface area (Å²) in [5.74, 6) is 0. The van der Waals surface area contributed by atoms with E-state index in [9.17, 15) is 18.0 Å². The van der Waals surface area contributed by atoms with Crippen molar-refractivity contribution in [2.45, 2.75) is 42.9 Å². The predicted octanol–water partition coefficient (Wildman–Crippen LogP) is 5.00. The lowest BCUT2D eigenvalue weighted by atomic mass is 9.69. The van der Waals surface area contributed by atoms with E-state index in [0.717, 1.165) is 37.8 Å². The Morgan fingerprint density at radius 2 is 1.53 bits per heavy atom. The van der Waals surface area contributed by atoms with Crippen LogP contribution in [0.4, 0.5) is 23.7 Å². The maximum absolute atomic E-state index is 12.8.